The molecule has 1 aromatic carbocycles. The van der Waals surface area contributed by atoms with Crippen LogP contribution in [0, 0.1) is 5.92 Å². The molecule has 0 spiro atoms. The Morgan fingerprint density at radius 1 is 1.53 bits per heavy atom. The van der Waals surface area contributed by atoms with Crippen molar-refractivity contribution >= 4 is 23.4 Å². The number of thioether (sulfide) groups is 1. The first kappa shape index (κ1) is 12.3. The molecule has 1 fully saturated rings. The topological polar surface area (TPSA) is 49.3 Å². The fraction of sp³-hybridized carbons (Fsp3) is 0.462. The van der Waals surface area contributed by atoms with Crippen molar-refractivity contribution in [3.05, 3.63) is 23.8 Å². The Balaban J connectivity index is 2.27. The minimum atomic E-state index is -0.861. The standard InChI is InChI=1S/C13H17NO2S/c1-8(9-6-7-9)14-10-4-3-5-11(17-2)12(10)13(15)16/h3-5,8-9,14H,6-7H2,1-2H3,(H,15,16). The van der Waals surface area contributed by atoms with E-state index >= 15 is 0 Å². The van der Waals surface area contributed by atoms with Crippen LogP contribution in [-0.2, 0) is 0 Å². The second kappa shape index (κ2) is 5.00. The number of rotatable bonds is 5. The minimum Gasteiger partial charge on any atom is -0.478 e. The largest absolute Gasteiger partial charge is 0.478 e. The summed E-state index contributed by atoms with van der Waals surface area (Å²) in [7, 11) is 0. The molecule has 0 heterocycles. The Kier molecular flexibility index (Phi) is 3.62. The van der Waals surface area contributed by atoms with E-state index in [1.165, 1.54) is 24.6 Å². The number of benzene rings is 1. The molecule has 1 saturated carbocycles. The van der Waals surface area contributed by atoms with Gasteiger partial charge in [0.05, 0.1) is 11.3 Å². The van der Waals surface area contributed by atoms with E-state index in [0.29, 0.717) is 17.5 Å². The van der Waals surface area contributed by atoms with Crippen LogP contribution >= 0.6 is 11.8 Å². The molecule has 3 nitrogen and oxygen atoms in total. The van der Waals surface area contributed by atoms with Gasteiger partial charge in [-0.3, -0.25) is 0 Å². The van der Waals surface area contributed by atoms with Crippen molar-refractivity contribution in [1.29, 1.82) is 0 Å². The van der Waals surface area contributed by atoms with E-state index in [0.717, 1.165) is 10.6 Å². The average Bonchev–Trinajstić information content (AvgIpc) is 3.11. The maximum Gasteiger partial charge on any atom is 0.338 e. The lowest BCUT2D eigenvalue weighted by molar-refractivity contribution is 0.0694. The number of aromatic carboxylic acids is 1. The van der Waals surface area contributed by atoms with Crippen LogP contribution in [0.1, 0.15) is 30.1 Å². The van der Waals surface area contributed by atoms with Gasteiger partial charge in [-0.25, -0.2) is 4.79 Å². The summed E-state index contributed by atoms with van der Waals surface area (Å²) in [4.78, 5) is 12.1. The highest BCUT2D eigenvalue weighted by molar-refractivity contribution is 7.98. The number of carbonyl (C=O) groups is 1. The Bertz CT molecular complexity index is 429. The van der Waals surface area contributed by atoms with E-state index in [-0.39, 0.29) is 0 Å². The predicted molar refractivity (Wildman–Crippen MR) is 71.0 cm³/mol. The molecule has 4 heteroatoms. The maximum atomic E-state index is 11.3. The Labute approximate surface area is 106 Å². The van der Waals surface area contributed by atoms with Crippen LogP contribution in [0.5, 0.6) is 0 Å². The van der Waals surface area contributed by atoms with Gasteiger partial charge in [0.2, 0.25) is 0 Å². The molecule has 0 bridgehead atoms. The summed E-state index contributed by atoms with van der Waals surface area (Å²) < 4.78 is 0. The van der Waals surface area contributed by atoms with E-state index < -0.39 is 5.97 Å². The van der Waals surface area contributed by atoms with Gasteiger partial charge in [-0.15, -0.1) is 11.8 Å². The number of nitrogens with one attached hydrogen (secondary N) is 1. The SMILES string of the molecule is CSc1cccc(NC(C)C2CC2)c1C(=O)O. The summed E-state index contributed by atoms with van der Waals surface area (Å²) in [5, 5.41) is 12.6. The molecular weight excluding hydrogens is 234 g/mol. The molecular formula is C13H17NO2S. The minimum absolute atomic E-state index is 0.352. The number of anilines is 1. The lowest BCUT2D eigenvalue weighted by Crippen LogP contribution is -2.19. The summed E-state index contributed by atoms with van der Waals surface area (Å²) in [6, 6.07) is 5.95. The van der Waals surface area contributed by atoms with Crippen molar-refractivity contribution in [3.8, 4) is 0 Å². The van der Waals surface area contributed by atoms with E-state index in [1.54, 1.807) is 0 Å². The highest BCUT2D eigenvalue weighted by Crippen LogP contribution is 2.35. The number of hydrogen-bond donors (Lipinski definition) is 2. The van der Waals surface area contributed by atoms with Crippen LogP contribution in [-0.4, -0.2) is 23.4 Å². The molecule has 1 aliphatic carbocycles. The molecule has 0 radical (unpaired) electrons. The maximum absolute atomic E-state index is 11.3. The van der Waals surface area contributed by atoms with Gasteiger partial charge in [0.15, 0.2) is 0 Å². The fourth-order valence-corrected chi connectivity index (χ4v) is 2.62. The third-order valence-corrected chi connectivity index (χ3v) is 3.95. The lowest BCUT2D eigenvalue weighted by atomic mass is 10.1. The zero-order chi connectivity index (χ0) is 12.4. The first-order valence-electron chi connectivity index (χ1n) is 5.80. The van der Waals surface area contributed by atoms with Gasteiger partial charge in [-0.2, -0.15) is 0 Å². The van der Waals surface area contributed by atoms with Crippen LogP contribution in [0.2, 0.25) is 0 Å². The molecule has 92 valence electrons. The van der Waals surface area contributed by atoms with Crippen molar-refractivity contribution in [2.75, 3.05) is 11.6 Å². The van der Waals surface area contributed by atoms with Crippen molar-refractivity contribution < 1.29 is 9.90 Å². The third-order valence-electron chi connectivity index (χ3n) is 3.17. The molecule has 2 N–H and O–H groups in total. The molecule has 1 aliphatic rings. The molecule has 0 saturated heterocycles. The Morgan fingerprint density at radius 2 is 2.24 bits per heavy atom. The van der Waals surface area contributed by atoms with Crippen LogP contribution in [0.3, 0.4) is 0 Å². The molecule has 0 aromatic heterocycles. The summed E-state index contributed by atoms with van der Waals surface area (Å²) in [5.41, 5.74) is 1.14. The van der Waals surface area contributed by atoms with Crippen molar-refractivity contribution in [3.63, 3.8) is 0 Å². The average molecular weight is 251 g/mol. The predicted octanol–water partition coefficient (Wildman–Crippen LogP) is 3.32. The molecule has 2 rings (SSSR count). The van der Waals surface area contributed by atoms with Gasteiger partial charge in [-0.1, -0.05) is 6.07 Å². The van der Waals surface area contributed by atoms with Gasteiger partial charge in [0.25, 0.3) is 0 Å². The van der Waals surface area contributed by atoms with Crippen LogP contribution in [0.25, 0.3) is 0 Å². The molecule has 0 amide bonds. The third kappa shape index (κ3) is 2.75. The normalized spacial score (nSPS) is 16.6. The number of carboxylic acid groups (broad SMARTS) is 1. The van der Waals surface area contributed by atoms with Crippen LogP contribution in [0.4, 0.5) is 5.69 Å². The van der Waals surface area contributed by atoms with E-state index in [9.17, 15) is 9.90 Å². The van der Waals surface area contributed by atoms with Crippen LogP contribution in [0.15, 0.2) is 23.1 Å². The quantitative estimate of drug-likeness (QED) is 0.788. The zero-order valence-corrected chi connectivity index (χ0v) is 10.9. The zero-order valence-electron chi connectivity index (χ0n) is 10.1. The number of hydrogen-bond acceptors (Lipinski definition) is 3. The van der Waals surface area contributed by atoms with Crippen molar-refractivity contribution in [1.82, 2.24) is 0 Å². The summed E-state index contributed by atoms with van der Waals surface area (Å²) >= 11 is 1.47. The highest BCUT2D eigenvalue weighted by Gasteiger charge is 2.28. The first-order valence-corrected chi connectivity index (χ1v) is 7.02. The monoisotopic (exact) mass is 251 g/mol. The van der Waals surface area contributed by atoms with Gasteiger partial charge in [-0.05, 0) is 44.1 Å². The molecule has 1 atom stereocenters. The molecule has 0 aliphatic heterocycles. The Morgan fingerprint density at radius 3 is 2.76 bits per heavy atom. The summed E-state index contributed by atoms with van der Waals surface area (Å²) in [6.45, 7) is 2.12. The smallest absolute Gasteiger partial charge is 0.338 e. The van der Waals surface area contributed by atoms with Crippen LogP contribution < -0.4 is 5.32 Å². The van der Waals surface area contributed by atoms with Crippen molar-refractivity contribution in [2.24, 2.45) is 5.92 Å². The molecule has 17 heavy (non-hydrogen) atoms. The van der Waals surface area contributed by atoms with Crippen molar-refractivity contribution in [2.45, 2.75) is 30.7 Å². The summed E-state index contributed by atoms with van der Waals surface area (Å²) in [5.74, 6) is -0.157. The first-order chi connectivity index (χ1) is 8.13. The second-order valence-electron chi connectivity index (χ2n) is 4.46. The van der Waals surface area contributed by atoms with E-state index in [2.05, 4.69) is 12.2 Å². The van der Waals surface area contributed by atoms with E-state index in [4.69, 9.17) is 0 Å². The van der Waals surface area contributed by atoms with Gasteiger partial charge in [0.1, 0.15) is 0 Å². The highest BCUT2D eigenvalue weighted by atomic mass is 32.2. The number of carboxylic acids is 1. The fourth-order valence-electron chi connectivity index (χ4n) is 2.00. The van der Waals surface area contributed by atoms with Gasteiger partial charge < -0.3 is 10.4 Å². The lowest BCUT2D eigenvalue weighted by Gasteiger charge is -2.17. The molecule has 1 unspecified atom stereocenters. The summed E-state index contributed by atoms with van der Waals surface area (Å²) in [6.07, 6.45) is 4.40. The Hall–Kier alpha value is -1.16. The van der Waals surface area contributed by atoms with Gasteiger partial charge >= 0.3 is 5.97 Å². The van der Waals surface area contributed by atoms with Gasteiger partial charge in [0, 0.05) is 10.9 Å². The molecule has 1 aromatic rings. The second-order valence-corrected chi connectivity index (χ2v) is 5.31. The van der Waals surface area contributed by atoms with E-state index in [1.807, 2.05) is 24.5 Å².